The first-order valence-electron chi connectivity index (χ1n) is 6.24. The SMILES string of the molecule is CCc1nnc(C2(N)CCN(C(=O)C(F)(F)F)CC2)s1. The zero-order valence-electron chi connectivity index (χ0n) is 10.9. The zero-order valence-corrected chi connectivity index (χ0v) is 11.7. The number of rotatable bonds is 2. The molecule has 20 heavy (non-hydrogen) atoms. The lowest BCUT2D eigenvalue weighted by Gasteiger charge is -2.37. The van der Waals surface area contributed by atoms with Crippen LogP contribution >= 0.6 is 11.3 Å². The van der Waals surface area contributed by atoms with Gasteiger partial charge in [-0.25, -0.2) is 0 Å². The van der Waals surface area contributed by atoms with Crippen molar-refractivity contribution < 1.29 is 18.0 Å². The largest absolute Gasteiger partial charge is 0.471 e. The third kappa shape index (κ3) is 2.93. The van der Waals surface area contributed by atoms with E-state index < -0.39 is 17.6 Å². The molecule has 2 N–H and O–H groups in total. The molecule has 1 saturated heterocycles. The fraction of sp³-hybridized carbons (Fsp3) is 0.727. The number of aromatic nitrogens is 2. The average molecular weight is 308 g/mol. The van der Waals surface area contributed by atoms with Gasteiger partial charge >= 0.3 is 12.1 Å². The minimum absolute atomic E-state index is 0.0180. The monoisotopic (exact) mass is 308 g/mol. The average Bonchev–Trinajstić information content (AvgIpc) is 2.87. The van der Waals surface area contributed by atoms with Crippen LogP contribution in [0.4, 0.5) is 13.2 Å². The van der Waals surface area contributed by atoms with E-state index in [4.69, 9.17) is 5.73 Å². The number of alkyl halides is 3. The van der Waals surface area contributed by atoms with Gasteiger partial charge in [-0.15, -0.1) is 10.2 Å². The maximum atomic E-state index is 12.4. The van der Waals surface area contributed by atoms with Crippen molar-refractivity contribution in [2.45, 2.75) is 37.9 Å². The summed E-state index contributed by atoms with van der Waals surface area (Å²) in [6.07, 6.45) is -3.57. The normalized spacial score (nSPS) is 19.1. The van der Waals surface area contributed by atoms with E-state index in [9.17, 15) is 18.0 Å². The number of carbonyl (C=O) groups is 1. The maximum Gasteiger partial charge on any atom is 0.471 e. The Morgan fingerprint density at radius 3 is 2.45 bits per heavy atom. The lowest BCUT2D eigenvalue weighted by Crippen LogP contribution is -2.52. The molecule has 0 radical (unpaired) electrons. The quantitative estimate of drug-likeness (QED) is 0.897. The Balaban J connectivity index is 2.04. The molecule has 9 heteroatoms. The number of aryl methyl sites for hydroxylation is 1. The molecule has 0 spiro atoms. The summed E-state index contributed by atoms with van der Waals surface area (Å²) >= 11 is 1.38. The van der Waals surface area contributed by atoms with Crippen molar-refractivity contribution >= 4 is 17.2 Å². The molecule has 1 aliphatic rings. The fourth-order valence-electron chi connectivity index (χ4n) is 2.10. The van der Waals surface area contributed by atoms with E-state index in [0.717, 1.165) is 16.3 Å². The molecule has 112 valence electrons. The Bertz CT molecular complexity index is 494. The first kappa shape index (κ1) is 15.2. The molecule has 1 aromatic heterocycles. The summed E-state index contributed by atoms with van der Waals surface area (Å²) in [5.74, 6) is -1.80. The zero-order chi connectivity index (χ0) is 15.0. The molecule has 0 aliphatic carbocycles. The third-order valence-corrected chi connectivity index (χ3v) is 4.67. The van der Waals surface area contributed by atoms with Crippen LogP contribution in [0.3, 0.4) is 0 Å². The van der Waals surface area contributed by atoms with Gasteiger partial charge in [-0.2, -0.15) is 13.2 Å². The van der Waals surface area contributed by atoms with E-state index in [2.05, 4.69) is 10.2 Å². The Morgan fingerprint density at radius 2 is 2.00 bits per heavy atom. The van der Waals surface area contributed by atoms with Gasteiger partial charge < -0.3 is 10.6 Å². The van der Waals surface area contributed by atoms with Crippen LogP contribution in [0.2, 0.25) is 0 Å². The van der Waals surface area contributed by atoms with Crippen LogP contribution in [0.25, 0.3) is 0 Å². The highest BCUT2D eigenvalue weighted by Gasteiger charge is 2.45. The number of nitrogens with two attached hydrogens (primary N) is 1. The van der Waals surface area contributed by atoms with Gasteiger partial charge in [0.2, 0.25) is 0 Å². The van der Waals surface area contributed by atoms with Gasteiger partial charge in [0.1, 0.15) is 10.0 Å². The molecule has 0 atom stereocenters. The Kier molecular flexibility index (Phi) is 4.01. The third-order valence-electron chi connectivity index (χ3n) is 3.38. The highest BCUT2D eigenvalue weighted by Crippen LogP contribution is 2.33. The number of piperidine rings is 1. The number of carbonyl (C=O) groups excluding carboxylic acids is 1. The highest BCUT2D eigenvalue weighted by atomic mass is 32.1. The number of likely N-dealkylation sites (tertiary alicyclic amines) is 1. The van der Waals surface area contributed by atoms with E-state index >= 15 is 0 Å². The number of amides is 1. The molecule has 2 rings (SSSR count). The van der Waals surface area contributed by atoms with Gasteiger partial charge in [0.25, 0.3) is 0 Å². The Morgan fingerprint density at radius 1 is 1.40 bits per heavy atom. The molecule has 1 aliphatic heterocycles. The van der Waals surface area contributed by atoms with E-state index in [-0.39, 0.29) is 25.9 Å². The smallest absolute Gasteiger partial charge is 0.335 e. The second-order valence-electron chi connectivity index (χ2n) is 4.80. The Hall–Kier alpha value is -1.22. The maximum absolute atomic E-state index is 12.4. The molecular weight excluding hydrogens is 293 g/mol. The van der Waals surface area contributed by atoms with Gasteiger partial charge in [-0.3, -0.25) is 4.79 Å². The van der Waals surface area contributed by atoms with Crippen molar-refractivity contribution in [1.82, 2.24) is 15.1 Å². The van der Waals surface area contributed by atoms with Gasteiger partial charge in [0, 0.05) is 13.1 Å². The topological polar surface area (TPSA) is 72.1 Å². The predicted molar refractivity (Wildman–Crippen MR) is 67.0 cm³/mol. The first-order valence-corrected chi connectivity index (χ1v) is 7.06. The van der Waals surface area contributed by atoms with E-state index in [0.29, 0.717) is 5.01 Å². The standard InChI is InChI=1S/C11H15F3N4OS/c1-2-7-16-17-8(20-7)10(15)3-5-18(6-4-10)9(19)11(12,13)14/h2-6,15H2,1H3. The summed E-state index contributed by atoms with van der Waals surface area (Å²) < 4.78 is 37.1. The molecule has 1 fully saturated rings. The lowest BCUT2D eigenvalue weighted by molar-refractivity contribution is -0.186. The van der Waals surface area contributed by atoms with Gasteiger partial charge in [0.15, 0.2) is 0 Å². The van der Waals surface area contributed by atoms with Crippen molar-refractivity contribution in [3.63, 3.8) is 0 Å². The van der Waals surface area contributed by atoms with Gasteiger partial charge in [-0.05, 0) is 19.3 Å². The van der Waals surface area contributed by atoms with Crippen molar-refractivity contribution in [3.05, 3.63) is 10.0 Å². The molecule has 0 aromatic carbocycles. The van der Waals surface area contributed by atoms with Crippen LogP contribution in [0, 0.1) is 0 Å². The van der Waals surface area contributed by atoms with Crippen LogP contribution in [-0.2, 0) is 16.8 Å². The molecule has 5 nitrogen and oxygen atoms in total. The molecule has 2 heterocycles. The highest BCUT2D eigenvalue weighted by molar-refractivity contribution is 7.11. The molecule has 1 aromatic rings. The summed E-state index contributed by atoms with van der Waals surface area (Å²) in [7, 11) is 0. The van der Waals surface area contributed by atoms with Crippen molar-refractivity contribution in [3.8, 4) is 0 Å². The predicted octanol–water partition coefficient (Wildman–Crippen LogP) is 1.44. The minimum Gasteiger partial charge on any atom is -0.335 e. The summed E-state index contributed by atoms with van der Waals surface area (Å²) in [6, 6.07) is 0. The summed E-state index contributed by atoms with van der Waals surface area (Å²) in [5, 5.41) is 9.47. The van der Waals surface area contributed by atoms with Crippen LogP contribution in [0.1, 0.15) is 29.8 Å². The van der Waals surface area contributed by atoms with E-state index in [1.165, 1.54) is 11.3 Å². The minimum atomic E-state index is -4.83. The number of hydrogen-bond donors (Lipinski definition) is 1. The van der Waals surface area contributed by atoms with Gasteiger partial charge in [0.05, 0.1) is 5.54 Å². The molecule has 0 bridgehead atoms. The number of nitrogens with zero attached hydrogens (tertiary/aromatic N) is 3. The second-order valence-corrected chi connectivity index (χ2v) is 5.86. The van der Waals surface area contributed by atoms with Gasteiger partial charge in [-0.1, -0.05) is 18.3 Å². The summed E-state index contributed by atoms with van der Waals surface area (Å²) in [5.41, 5.74) is 5.42. The van der Waals surface area contributed by atoms with Crippen LogP contribution in [0.5, 0.6) is 0 Å². The molecule has 0 saturated carbocycles. The first-order chi connectivity index (χ1) is 9.26. The fourth-order valence-corrected chi connectivity index (χ4v) is 3.04. The number of halogens is 3. The second kappa shape index (κ2) is 5.28. The van der Waals surface area contributed by atoms with Crippen molar-refractivity contribution in [1.29, 1.82) is 0 Å². The summed E-state index contributed by atoms with van der Waals surface area (Å²) in [6.45, 7) is 1.91. The lowest BCUT2D eigenvalue weighted by atomic mass is 9.89. The van der Waals surface area contributed by atoms with Crippen molar-refractivity contribution in [2.75, 3.05) is 13.1 Å². The van der Waals surface area contributed by atoms with Crippen LogP contribution in [-0.4, -0.2) is 40.3 Å². The van der Waals surface area contributed by atoms with Crippen LogP contribution in [0.15, 0.2) is 0 Å². The van der Waals surface area contributed by atoms with E-state index in [1.54, 1.807) is 0 Å². The molecule has 1 amide bonds. The molecule has 0 unspecified atom stereocenters. The summed E-state index contributed by atoms with van der Waals surface area (Å²) in [4.78, 5) is 12.0. The van der Waals surface area contributed by atoms with Crippen LogP contribution < -0.4 is 5.73 Å². The van der Waals surface area contributed by atoms with E-state index in [1.807, 2.05) is 6.92 Å². The Labute approximate surface area is 118 Å². The molecular formula is C11H15F3N4OS. The van der Waals surface area contributed by atoms with Crippen molar-refractivity contribution in [2.24, 2.45) is 5.73 Å². The number of hydrogen-bond acceptors (Lipinski definition) is 5.